The van der Waals surface area contributed by atoms with Crippen LogP contribution in [0.5, 0.6) is 5.75 Å². The number of aromatic hydroxyl groups is 1. The van der Waals surface area contributed by atoms with Gasteiger partial charge < -0.3 is 30.9 Å². The van der Waals surface area contributed by atoms with E-state index >= 15 is 0 Å². The monoisotopic (exact) mass is 520 g/mol. The average molecular weight is 521 g/mol. The maximum Gasteiger partial charge on any atom is 0.255 e. The van der Waals surface area contributed by atoms with Crippen molar-refractivity contribution in [3.63, 3.8) is 0 Å². The van der Waals surface area contributed by atoms with Gasteiger partial charge in [-0.2, -0.15) is 0 Å². The molecule has 1 aliphatic heterocycles. The lowest BCUT2D eigenvalue weighted by atomic mass is 9.60. The first kappa shape index (κ1) is 24.6. The van der Waals surface area contributed by atoms with E-state index in [1.165, 1.54) is 0 Å². The van der Waals surface area contributed by atoms with Crippen LogP contribution in [0.15, 0.2) is 46.9 Å². The number of Topliss-reactive ketones (excluding diaryl/α,β-unsaturated/α-hetero) is 2. The highest BCUT2D eigenvalue weighted by atomic mass is 16.5. The van der Waals surface area contributed by atoms with Crippen molar-refractivity contribution in [1.82, 2.24) is 4.90 Å². The van der Waals surface area contributed by atoms with Gasteiger partial charge in [0, 0.05) is 42.9 Å². The standard InChI is InChI=1S/C28H28N2O8/c29-27(36)22-19(31)11-17-10-16-9-15-8-14-2-1-13(12-30-3-5-38-6-4-30)7-18(14)23(32)20(15)24(33)21(16)25(34)28(17,37)26(22)35/h1-2,7-8,16-17,31-32,34,37H,3-6,9-12H2,(H2,29,36)/t16?,17-,28-/m0/s1. The molecule has 0 aromatic heterocycles. The molecular weight excluding hydrogens is 492 g/mol. The molecule has 1 heterocycles. The number of nitrogens with zero attached hydrogens (tertiary/aromatic N) is 1. The minimum atomic E-state index is -2.56. The van der Waals surface area contributed by atoms with Crippen LogP contribution in [0.4, 0.5) is 0 Å². The van der Waals surface area contributed by atoms with Crippen molar-refractivity contribution in [3.8, 4) is 5.75 Å². The van der Waals surface area contributed by atoms with Gasteiger partial charge in [0.05, 0.1) is 18.8 Å². The van der Waals surface area contributed by atoms with Crippen molar-refractivity contribution in [3.05, 3.63) is 63.6 Å². The Balaban J connectivity index is 1.43. The Bertz CT molecular complexity index is 1490. The topological polar surface area (TPSA) is 171 Å². The van der Waals surface area contributed by atoms with Crippen LogP contribution in [0.3, 0.4) is 0 Å². The summed E-state index contributed by atoms with van der Waals surface area (Å²) in [6.07, 6.45) is 0.151. The second-order valence-corrected chi connectivity index (χ2v) is 10.6. The third kappa shape index (κ3) is 3.48. The van der Waals surface area contributed by atoms with Crippen LogP contribution >= 0.6 is 0 Å². The van der Waals surface area contributed by atoms with Crippen molar-refractivity contribution in [2.45, 2.75) is 31.4 Å². The first-order valence-electron chi connectivity index (χ1n) is 12.7. The highest BCUT2D eigenvalue weighted by molar-refractivity contribution is 6.24. The maximum atomic E-state index is 13.8. The molecular formula is C28H28N2O8. The van der Waals surface area contributed by atoms with Gasteiger partial charge in [-0.25, -0.2) is 0 Å². The Morgan fingerprint density at radius 2 is 1.84 bits per heavy atom. The fraction of sp³-hybridized carbons (Fsp3) is 0.393. The zero-order valence-electron chi connectivity index (χ0n) is 20.6. The number of phenolic OH excluding ortho intramolecular Hbond substituents is 1. The van der Waals surface area contributed by atoms with Gasteiger partial charge >= 0.3 is 0 Å². The molecule has 2 aromatic carbocycles. The Morgan fingerprint density at radius 1 is 1.11 bits per heavy atom. The highest BCUT2D eigenvalue weighted by Gasteiger charge is 2.59. The van der Waals surface area contributed by atoms with Crippen LogP contribution in [-0.2, 0) is 27.3 Å². The molecule has 2 aromatic rings. The maximum absolute atomic E-state index is 13.8. The number of benzene rings is 2. The molecule has 3 aliphatic carbocycles. The molecule has 1 saturated heterocycles. The normalized spacial score (nSPS) is 27.8. The molecule has 1 fully saturated rings. The van der Waals surface area contributed by atoms with Gasteiger partial charge in [-0.15, -0.1) is 0 Å². The quantitative estimate of drug-likeness (QED) is 0.377. The van der Waals surface area contributed by atoms with Crippen LogP contribution in [0.1, 0.15) is 34.3 Å². The third-order valence-electron chi connectivity index (χ3n) is 8.44. The van der Waals surface area contributed by atoms with E-state index in [1.54, 1.807) is 0 Å². The van der Waals surface area contributed by atoms with Crippen molar-refractivity contribution < 1.29 is 39.5 Å². The van der Waals surface area contributed by atoms with E-state index in [0.717, 1.165) is 24.0 Å². The molecule has 10 heteroatoms. The largest absolute Gasteiger partial charge is 0.511 e. The number of ether oxygens (including phenoxy) is 1. The fourth-order valence-electron chi connectivity index (χ4n) is 6.55. The number of aliphatic hydroxyl groups excluding tert-OH is 2. The predicted octanol–water partition coefficient (Wildman–Crippen LogP) is 1.57. The Morgan fingerprint density at radius 3 is 2.55 bits per heavy atom. The van der Waals surface area contributed by atoms with Gasteiger partial charge in [-0.1, -0.05) is 18.2 Å². The van der Waals surface area contributed by atoms with Crippen LogP contribution < -0.4 is 5.73 Å². The van der Waals surface area contributed by atoms with Crippen molar-refractivity contribution >= 4 is 28.2 Å². The van der Waals surface area contributed by atoms with Gasteiger partial charge in [-0.05, 0) is 41.3 Å². The molecule has 0 saturated carbocycles. The van der Waals surface area contributed by atoms with Crippen molar-refractivity contribution in [2.75, 3.05) is 26.3 Å². The van der Waals surface area contributed by atoms with Crippen LogP contribution in [0, 0.1) is 11.8 Å². The number of hydrogen-bond acceptors (Lipinski definition) is 9. The van der Waals surface area contributed by atoms with E-state index in [0.29, 0.717) is 30.7 Å². The summed E-state index contributed by atoms with van der Waals surface area (Å²) in [6.45, 7) is 3.58. The Hall–Kier alpha value is -3.73. The molecule has 0 spiro atoms. The smallest absolute Gasteiger partial charge is 0.255 e. The summed E-state index contributed by atoms with van der Waals surface area (Å²) in [6, 6.07) is 7.59. The van der Waals surface area contributed by atoms with E-state index in [2.05, 4.69) is 4.90 Å². The van der Waals surface area contributed by atoms with E-state index in [-0.39, 0.29) is 36.1 Å². The molecule has 3 atom stereocenters. The third-order valence-corrected chi connectivity index (χ3v) is 8.44. The summed E-state index contributed by atoms with van der Waals surface area (Å²) >= 11 is 0. The fourth-order valence-corrected chi connectivity index (χ4v) is 6.55. The number of nitrogens with two attached hydrogens (primary N) is 1. The van der Waals surface area contributed by atoms with E-state index < -0.39 is 52.0 Å². The van der Waals surface area contributed by atoms with Gasteiger partial charge in [0.15, 0.2) is 11.4 Å². The molecule has 0 bridgehead atoms. The van der Waals surface area contributed by atoms with Crippen molar-refractivity contribution in [2.24, 2.45) is 17.6 Å². The number of allylic oxidation sites excluding steroid dienone is 2. The molecule has 6 N–H and O–H groups in total. The first-order valence-corrected chi connectivity index (χ1v) is 12.7. The minimum absolute atomic E-state index is 0.0256. The minimum Gasteiger partial charge on any atom is -0.511 e. The second kappa shape index (κ2) is 8.65. The molecule has 6 rings (SSSR count). The van der Waals surface area contributed by atoms with Gasteiger partial charge in [-0.3, -0.25) is 19.3 Å². The number of ketones is 2. The molecule has 10 nitrogen and oxygen atoms in total. The number of carbonyl (C=O) groups excluding carboxylic acids is 3. The lowest BCUT2D eigenvalue weighted by Crippen LogP contribution is -2.57. The molecule has 198 valence electrons. The number of aliphatic hydroxyl groups is 3. The first-order chi connectivity index (χ1) is 18.1. The van der Waals surface area contributed by atoms with E-state index in [4.69, 9.17) is 10.5 Å². The van der Waals surface area contributed by atoms with Gasteiger partial charge in [0.25, 0.3) is 5.91 Å². The van der Waals surface area contributed by atoms with Crippen LogP contribution in [0.2, 0.25) is 0 Å². The summed E-state index contributed by atoms with van der Waals surface area (Å²) in [5, 5.41) is 45.4. The van der Waals surface area contributed by atoms with E-state index in [9.17, 15) is 34.8 Å². The summed E-state index contributed by atoms with van der Waals surface area (Å²) in [4.78, 5) is 40.9. The Labute approximate surface area is 217 Å². The molecule has 1 amide bonds. The predicted molar refractivity (Wildman–Crippen MR) is 134 cm³/mol. The summed E-state index contributed by atoms with van der Waals surface area (Å²) < 4.78 is 5.40. The lowest BCUT2D eigenvalue weighted by Gasteiger charge is -2.45. The summed E-state index contributed by atoms with van der Waals surface area (Å²) in [5.41, 5.74) is 3.34. The van der Waals surface area contributed by atoms with Gasteiger partial charge in [0.1, 0.15) is 22.8 Å². The number of hydrogen-bond donors (Lipinski definition) is 5. The second-order valence-electron chi connectivity index (χ2n) is 10.6. The number of fused-ring (bicyclic) bond motifs is 4. The SMILES string of the molecule is NC(=O)C1=C(O)C[C@@H]2CC3Cc4cc5ccc(CN6CCOCC6)cc5c(O)c4C(=O)C3=C(O)[C@]2(O)C1=O. The van der Waals surface area contributed by atoms with Gasteiger partial charge in [0.2, 0.25) is 5.78 Å². The van der Waals surface area contributed by atoms with Crippen LogP contribution in [0.25, 0.3) is 10.8 Å². The van der Waals surface area contributed by atoms with E-state index in [1.807, 2.05) is 24.3 Å². The number of phenols is 1. The lowest BCUT2D eigenvalue weighted by molar-refractivity contribution is -0.144. The molecule has 38 heavy (non-hydrogen) atoms. The Kier molecular flexibility index (Phi) is 5.60. The average Bonchev–Trinajstić information content (AvgIpc) is 2.87. The molecule has 1 unspecified atom stereocenters. The highest BCUT2D eigenvalue weighted by Crippen LogP contribution is 2.52. The summed E-state index contributed by atoms with van der Waals surface area (Å²) in [5.74, 6) is -6.21. The van der Waals surface area contributed by atoms with Crippen molar-refractivity contribution in [1.29, 1.82) is 0 Å². The zero-order chi connectivity index (χ0) is 26.9. The number of rotatable bonds is 3. The number of morpholine rings is 1. The van der Waals surface area contributed by atoms with Crippen LogP contribution in [-0.4, -0.2) is 74.7 Å². The number of amides is 1. The number of carbonyl (C=O) groups is 3. The molecule has 4 aliphatic rings. The summed E-state index contributed by atoms with van der Waals surface area (Å²) in [7, 11) is 0. The zero-order valence-corrected chi connectivity index (χ0v) is 20.6. The number of primary amides is 1. The molecule has 0 radical (unpaired) electrons.